The van der Waals surface area contributed by atoms with E-state index in [1.807, 2.05) is 0 Å². The molecule has 0 spiro atoms. The number of oxime groups is 1. The fourth-order valence-corrected chi connectivity index (χ4v) is 1.95. The van der Waals surface area contributed by atoms with Crippen molar-refractivity contribution in [2.24, 2.45) is 5.16 Å². The summed E-state index contributed by atoms with van der Waals surface area (Å²) in [5.74, 6) is -0.371. The zero-order valence-corrected chi connectivity index (χ0v) is 9.83. The SMILES string of the molecule is CC(=O)O/N=C1\CCc2cc(C)c(C)cc21. The summed E-state index contributed by atoms with van der Waals surface area (Å²) in [4.78, 5) is 15.4. The highest BCUT2D eigenvalue weighted by Gasteiger charge is 2.19. The monoisotopic (exact) mass is 217 g/mol. The molecule has 16 heavy (non-hydrogen) atoms. The van der Waals surface area contributed by atoms with E-state index in [-0.39, 0.29) is 5.97 Å². The van der Waals surface area contributed by atoms with E-state index in [0.717, 1.165) is 24.1 Å². The van der Waals surface area contributed by atoms with Gasteiger partial charge in [0.25, 0.3) is 0 Å². The summed E-state index contributed by atoms with van der Waals surface area (Å²) in [6, 6.07) is 4.32. The van der Waals surface area contributed by atoms with Gasteiger partial charge in [-0.1, -0.05) is 11.2 Å². The number of hydrogen-bond donors (Lipinski definition) is 0. The van der Waals surface area contributed by atoms with Gasteiger partial charge in [0, 0.05) is 12.5 Å². The van der Waals surface area contributed by atoms with Gasteiger partial charge in [-0.2, -0.15) is 0 Å². The van der Waals surface area contributed by atoms with E-state index in [9.17, 15) is 4.79 Å². The molecule has 0 atom stereocenters. The van der Waals surface area contributed by atoms with Crippen LogP contribution >= 0.6 is 0 Å². The molecule has 1 aliphatic rings. The minimum Gasteiger partial charge on any atom is -0.318 e. The summed E-state index contributed by atoms with van der Waals surface area (Å²) in [7, 11) is 0. The zero-order chi connectivity index (χ0) is 11.7. The fourth-order valence-electron chi connectivity index (χ4n) is 1.95. The van der Waals surface area contributed by atoms with Crippen LogP contribution in [0.15, 0.2) is 17.3 Å². The number of benzene rings is 1. The molecular weight excluding hydrogens is 202 g/mol. The number of aryl methyl sites for hydroxylation is 3. The molecule has 1 aliphatic carbocycles. The maximum atomic E-state index is 10.7. The Morgan fingerprint density at radius 2 is 1.94 bits per heavy atom. The van der Waals surface area contributed by atoms with Crippen molar-refractivity contribution in [2.75, 3.05) is 0 Å². The van der Waals surface area contributed by atoms with Crippen molar-refractivity contribution < 1.29 is 9.63 Å². The molecule has 0 saturated carbocycles. The molecule has 2 rings (SSSR count). The third-order valence-electron chi connectivity index (χ3n) is 2.95. The van der Waals surface area contributed by atoms with E-state index >= 15 is 0 Å². The molecule has 0 saturated heterocycles. The minimum atomic E-state index is -0.371. The highest BCUT2D eigenvalue weighted by atomic mass is 16.7. The average Bonchev–Trinajstić information content (AvgIpc) is 2.58. The van der Waals surface area contributed by atoms with Crippen molar-refractivity contribution in [1.82, 2.24) is 0 Å². The van der Waals surface area contributed by atoms with Crippen LogP contribution in [0.3, 0.4) is 0 Å². The van der Waals surface area contributed by atoms with Crippen LogP contribution in [-0.2, 0) is 16.1 Å². The van der Waals surface area contributed by atoms with E-state index in [1.54, 1.807) is 0 Å². The Bertz CT molecular complexity index is 475. The number of nitrogens with zero attached hydrogens (tertiary/aromatic N) is 1. The van der Waals surface area contributed by atoms with Crippen LogP contribution in [-0.4, -0.2) is 11.7 Å². The lowest BCUT2D eigenvalue weighted by Crippen LogP contribution is -2.00. The normalized spacial score (nSPS) is 16.3. The molecule has 0 heterocycles. The summed E-state index contributed by atoms with van der Waals surface area (Å²) in [5, 5.41) is 3.90. The molecule has 3 nitrogen and oxygen atoms in total. The molecule has 0 bridgehead atoms. The van der Waals surface area contributed by atoms with E-state index in [4.69, 9.17) is 4.84 Å². The van der Waals surface area contributed by atoms with Crippen molar-refractivity contribution in [3.8, 4) is 0 Å². The highest BCUT2D eigenvalue weighted by molar-refractivity contribution is 6.04. The molecular formula is C13H15NO2. The predicted molar refractivity (Wildman–Crippen MR) is 62.5 cm³/mol. The summed E-state index contributed by atoms with van der Waals surface area (Å²) >= 11 is 0. The molecule has 3 heteroatoms. The van der Waals surface area contributed by atoms with Crippen LogP contribution in [0.1, 0.15) is 35.6 Å². The van der Waals surface area contributed by atoms with E-state index in [1.165, 1.54) is 23.6 Å². The van der Waals surface area contributed by atoms with Crippen LogP contribution in [0, 0.1) is 13.8 Å². The standard InChI is InChI=1S/C13H15NO2/c1-8-6-11-4-5-13(14-16-10(3)15)12(11)7-9(8)2/h6-7H,4-5H2,1-3H3/b14-13+. The van der Waals surface area contributed by atoms with Crippen LogP contribution in [0.4, 0.5) is 0 Å². The first-order chi connectivity index (χ1) is 7.58. The Morgan fingerprint density at radius 3 is 2.62 bits per heavy atom. The second-order valence-corrected chi connectivity index (χ2v) is 4.21. The molecule has 1 aromatic carbocycles. The van der Waals surface area contributed by atoms with E-state index < -0.39 is 0 Å². The zero-order valence-electron chi connectivity index (χ0n) is 9.83. The molecule has 0 unspecified atom stereocenters. The molecule has 0 N–H and O–H groups in total. The van der Waals surface area contributed by atoms with Gasteiger partial charge < -0.3 is 4.84 Å². The lowest BCUT2D eigenvalue weighted by atomic mass is 10.0. The van der Waals surface area contributed by atoms with Crippen molar-refractivity contribution in [1.29, 1.82) is 0 Å². The Kier molecular flexibility index (Phi) is 2.77. The van der Waals surface area contributed by atoms with Gasteiger partial charge in [-0.15, -0.1) is 0 Å². The van der Waals surface area contributed by atoms with Gasteiger partial charge in [-0.05, 0) is 49.4 Å². The number of carbonyl (C=O) groups excluding carboxylic acids is 1. The molecule has 1 aromatic rings. The Labute approximate surface area is 95.1 Å². The Balaban J connectivity index is 2.36. The first-order valence-electron chi connectivity index (χ1n) is 5.43. The Hall–Kier alpha value is -1.64. The minimum absolute atomic E-state index is 0.371. The predicted octanol–water partition coefficient (Wildman–Crippen LogP) is 2.52. The fraction of sp³-hybridized carbons (Fsp3) is 0.385. The summed E-state index contributed by atoms with van der Waals surface area (Å²) in [6.45, 7) is 5.55. The van der Waals surface area contributed by atoms with Gasteiger partial charge in [-0.3, -0.25) is 0 Å². The molecule has 0 amide bonds. The van der Waals surface area contributed by atoms with Gasteiger partial charge in [0.2, 0.25) is 0 Å². The van der Waals surface area contributed by atoms with Crippen molar-refractivity contribution in [3.05, 3.63) is 34.4 Å². The molecule has 0 aromatic heterocycles. The van der Waals surface area contributed by atoms with Crippen molar-refractivity contribution in [2.45, 2.75) is 33.6 Å². The lowest BCUT2D eigenvalue weighted by Gasteiger charge is -2.05. The Morgan fingerprint density at radius 1 is 1.25 bits per heavy atom. The third-order valence-corrected chi connectivity index (χ3v) is 2.95. The second kappa shape index (κ2) is 4.08. The largest absolute Gasteiger partial charge is 0.331 e. The van der Waals surface area contributed by atoms with Gasteiger partial charge in [-0.25, -0.2) is 4.79 Å². The van der Waals surface area contributed by atoms with Gasteiger partial charge in [0.15, 0.2) is 0 Å². The van der Waals surface area contributed by atoms with Crippen LogP contribution in [0.5, 0.6) is 0 Å². The van der Waals surface area contributed by atoms with Crippen molar-refractivity contribution >= 4 is 11.7 Å². The number of carbonyl (C=O) groups is 1. The maximum absolute atomic E-state index is 10.7. The number of fused-ring (bicyclic) bond motifs is 1. The molecule has 0 fully saturated rings. The first kappa shape index (κ1) is 10.9. The molecule has 84 valence electrons. The quantitative estimate of drug-likeness (QED) is 0.535. The smallest absolute Gasteiger partial charge is 0.318 e. The van der Waals surface area contributed by atoms with E-state index in [2.05, 4.69) is 31.1 Å². The summed E-state index contributed by atoms with van der Waals surface area (Å²) in [5.41, 5.74) is 5.86. The number of hydrogen-bond acceptors (Lipinski definition) is 3. The summed E-state index contributed by atoms with van der Waals surface area (Å²) in [6.07, 6.45) is 1.84. The number of rotatable bonds is 1. The molecule has 0 aliphatic heterocycles. The molecule has 0 radical (unpaired) electrons. The second-order valence-electron chi connectivity index (χ2n) is 4.21. The van der Waals surface area contributed by atoms with Crippen molar-refractivity contribution in [3.63, 3.8) is 0 Å². The van der Waals surface area contributed by atoms with E-state index in [0.29, 0.717) is 0 Å². The van der Waals surface area contributed by atoms with Crippen LogP contribution < -0.4 is 0 Å². The van der Waals surface area contributed by atoms with Gasteiger partial charge in [0.1, 0.15) is 0 Å². The average molecular weight is 217 g/mol. The maximum Gasteiger partial charge on any atom is 0.331 e. The van der Waals surface area contributed by atoms with Crippen LogP contribution in [0.2, 0.25) is 0 Å². The van der Waals surface area contributed by atoms with Gasteiger partial charge >= 0.3 is 5.97 Å². The summed E-state index contributed by atoms with van der Waals surface area (Å²) < 4.78 is 0. The topological polar surface area (TPSA) is 38.7 Å². The lowest BCUT2D eigenvalue weighted by molar-refractivity contribution is -0.140. The first-order valence-corrected chi connectivity index (χ1v) is 5.43. The highest BCUT2D eigenvalue weighted by Crippen LogP contribution is 2.25. The van der Waals surface area contributed by atoms with Gasteiger partial charge in [0.05, 0.1) is 5.71 Å². The van der Waals surface area contributed by atoms with Crippen LogP contribution in [0.25, 0.3) is 0 Å². The third kappa shape index (κ3) is 1.98.